The monoisotopic (exact) mass is 341 g/mol. The molecule has 1 unspecified atom stereocenters. The molecule has 0 aromatic heterocycles. The summed E-state index contributed by atoms with van der Waals surface area (Å²) >= 11 is 3.50. The van der Waals surface area contributed by atoms with E-state index in [1.807, 2.05) is 0 Å². The Morgan fingerprint density at radius 2 is 1.90 bits per heavy atom. The minimum atomic E-state index is -0.0433. The molecule has 114 valence electrons. The number of nitrogens with one attached hydrogen (secondary N) is 1. The van der Waals surface area contributed by atoms with Crippen molar-refractivity contribution in [1.29, 1.82) is 0 Å². The number of rotatable bonds is 9. The van der Waals surface area contributed by atoms with Crippen LogP contribution in [0.5, 0.6) is 0 Å². The van der Waals surface area contributed by atoms with Crippen LogP contribution >= 0.6 is 15.9 Å². The molecule has 0 saturated carbocycles. The summed E-state index contributed by atoms with van der Waals surface area (Å²) in [4.78, 5) is 0. The minimum absolute atomic E-state index is 0.0433. The summed E-state index contributed by atoms with van der Waals surface area (Å²) in [5.41, 5.74) is 1.36. The SMILES string of the molecule is CCCNCC(CCC(C)(C)OC)c1ccc(Br)cc1. The Hall–Kier alpha value is -0.380. The van der Waals surface area contributed by atoms with Gasteiger partial charge in [-0.05, 0) is 63.3 Å². The van der Waals surface area contributed by atoms with Crippen molar-refractivity contribution in [3.05, 3.63) is 34.3 Å². The molecule has 0 heterocycles. The van der Waals surface area contributed by atoms with E-state index in [0.717, 1.165) is 30.4 Å². The van der Waals surface area contributed by atoms with Crippen molar-refractivity contribution in [1.82, 2.24) is 5.32 Å². The highest BCUT2D eigenvalue weighted by molar-refractivity contribution is 9.10. The molecule has 0 saturated heterocycles. The van der Waals surface area contributed by atoms with E-state index in [2.05, 4.69) is 66.3 Å². The first-order chi connectivity index (χ1) is 9.48. The van der Waals surface area contributed by atoms with Crippen LogP contribution in [0, 0.1) is 0 Å². The summed E-state index contributed by atoms with van der Waals surface area (Å²) in [6, 6.07) is 8.71. The molecule has 0 radical (unpaired) electrons. The van der Waals surface area contributed by atoms with Crippen molar-refractivity contribution in [3.63, 3.8) is 0 Å². The van der Waals surface area contributed by atoms with Crippen LogP contribution < -0.4 is 5.32 Å². The maximum absolute atomic E-state index is 5.54. The van der Waals surface area contributed by atoms with E-state index in [1.165, 1.54) is 12.0 Å². The van der Waals surface area contributed by atoms with Crippen molar-refractivity contribution in [3.8, 4) is 0 Å². The largest absolute Gasteiger partial charge is 0.379 e. The third kappa shape index (κ3) is 6.38. The van der Waals surface area contributed by atoms with E-state index >= 15 is 0 Å². The molecule has 0 bridgehead atoms. The lowest BCUT2D eigenvalue weighted by Gasteiger charge is -2.26. The van der Waals surface area contributed by atoms with Gasteiger partial charge in [0.05, 0.1) is 5.60 Å². The standard InChI is InChI=1S/C17H28BrNO/c1-5-12-19-13-15(10-11-17(2,3)20-4)14-6-8-16(18)9-7-14/h6-9,15,19H,5,10-13H2,1-4H3. The van der Waals surface area contributed by atoms with Gasteiger partial charge in [-0.25, -0.2) is 0 Å². The number of benzene rings is 1. The molecule has 1 atom stereocenters. The molecular weight excluding hydrogens is 314 g/mol. The first kappa shape index (κ1) is 17.7. The van der Waals surface area contributed by atoms with Gasteiger partial charge < -0.3 is 10.1 Å². The fourth-order valence-corrected chi connectivity index (χ4v) is 2.46. The maximum Gasteiger partial charge on any atom is 0.0623 e. The van der Waals surface area contributed by atoms with Gasteiger partial charge in [-0.15, -0.1) is 0 Å². The molecule has 3 heteroatoms. The van der Waals surface area contributed by atoms with E-state index < -0.39 is 0 Å². The lowest BCUT2D eigenvalue weighted by molar-refractivity contribution is 0.0124. The molecule has 0 amide bonds. The second kappa shape index (κ2) is 8.81. The van der Waals surface area contributed by atoms with E-state index in [1.54, 1.807) is 7.11 Å². The zero-order valence-corrected chi connectivity index (χ0v) is 14.8. The fraction of sp³-hybridized carbons (Fsp3) is 0.647. The molecule has 0 fully saturated rings. The summed E-state index contributed by atoms with van der Waals surface area (Å²) in [6.07, 6.45) is 3.38. The van der Waals surface area contributed by atoms with E-state index in [9.17, 15) is 0 Å². The molecule has 0 aliphatic rings. The predicted molar refractivity (Wildman–Crippen MR) is 90.4 cm³/mol. The molecule has 0 aliphatic carbocycles. The zero-order valence-electron chi connectivity index (χ0n) is 13.2. The Bertz CT molecular complexity index is 375. The van der Waals surface area contributed by atoms with Crippen molar-refractivity contribution >= 4 is 15.9 Å². The zero-order chi connectivity index (χ0) is 15.0. The lowest BCUT2D eigenvalue weighted by Crippen LogP contribution is -2.27. The van der Waals surface area contributed by atoms with Crippen LogP contribution in [0.3, 0.4) is 0 Å². The number of hydrogen-bond acceptors (Lipinski definition) is 2. The number of halogens is 1. The molecule has 1 aromatic carbocycles. The molecule has 1 aromatic rings. The first-order valence-corrected chi connectivity index (χ1v) is 8.29. The van der Waals surface area contributed by atoms with Crippen LogP contribution in [0.4, 0.5) is 0 Å². The van der Waals surface area contributed by atoms with Crippen molar-refractivity contribution < 1.29 is 4.74 Å². The topological polar surface area (TPSA) is 21.3 Å². The Labute approximate surface area is 132 Å². The average molecular weight is 342 g/mol. The highest BCUT2D eigenvalue weighted by atomic mass is 79.9. The molecule has 1 rings (SSSR count). The summed E-state index contributed by atoms with van der Waals surface area (Å²) < 4.78 is 6.68. The summed E-state index contributed by atoms with van der Waals surface area (Å²) in [7, 11) is 1.80. The molecule has 2 nitrogen and oxygen atoms in total. The van der Waals surface area contributed by atoms with Gasteiger partial charge in [-0.1, -0.05) is 35.0 Å². The predicted octanol–water partition coefficient (Wildman–Crippen LogP) is 4.74. The van der Waals surface area contributed by atoms with Crippen LogP contribution in [0.25, 0.3) is 0 Å². The molecule has 0 aliphatic heterocycles. The average Bonchev–Trinajstić information content (AvgIpc) is 2.44. The van der Waals surface area contributed by atoms with E-state index in [4.69, 9.17) is 4.74 Å². The summed E-state index contributed by atoms with van der Waals surface area (Å²) in [6.45, 7) is 8.64. The number of methoxy groups -OCH3 is 1. The second-order valence-corrected chi connectivity index (χ2v) is 6.87. The van der Waals surface area contributed by atoms with Crippen LogP contribution in [0.15, 0.2) is 28.7 Å². The van der Waals surface area contributed by atoms with Crippen LogP contribution in [-0.4, -0.2) is 25.8 Å². The fourth-order valence-electron chi connectivity index (χ4n) is 2.20. The van der Waals surface area contributed by atoms with Gasteiger partial charge in [0.25, 0.3) is 0 Å². The Morgan fingerprint density at radius 3 is 2.45 bits per heavy atom. The quantitative estimate of drug-likeness (QED) is 0.655. The third-order valence-electron chi connectivity index (χ3n) is 3.81. The van der Waals surface area contributed by atoms with Gasteiger partial charge in [0.15, 0.2) is 0 Å². The van der Waals surface area contributed by atoms with Gasteiger partial charge in [0.1, 0.15) is 0 Å². The highest BCUT2D eigenvalue weighted by Crippen LogP contribution is 2.27. The maximum atomic E-state index is 5.54. The van der Waals surface area contributed by atoms with Crippen molar-refractivity contribution in [2.45, 2.75) is 51.6 Å². The Kier molecular flexibility index (Phi) is 7.78. The Balaban J connectivity index is 2.66. The van der Waals surface area contributed by atoms with Gasteiger partial charge in [0.2, 0.25) is 0 Å². The summed E-state index contributed by atoms with van der Waals surface area (Å²) in [5.74, 6) is 0.545. The Morgan fingerprint density at radius 1 is 1.25 bits per heavy atom. The minimum Gasteiger partial charge on any atom is -0.379 e. The van der Waals surface area contributed by atoms with Gasteiger partial charge in [-0.2, -0.15) is 0 Å². The smallest absolute Gasteiger partial charge is 0.0623 e. The second-order valence-electron chi connectivity index (χ2n) is 5.96. The van der Waals surface area contributed by atoms with Crippen LogP contribution in [0.2, 0.25) is 0 Å². The van der Waals surface area contributed by atoms with Gasteiger partial charge in [0, 0.05) is 18.1 Å². The molecular formula is C17H28BrNO. The van der Waals surface area contributed by atoms with E-state index in [-0.39, 0.29) is 5.60 Å². The molecule has 20 heavy (non-hydrogen) atoms. The molecule has 1 N–H and O–H groups in total. The first-order valence-electron chi connectivity index (χ1n) is 7.50. The third-order valence-corrected chi connectivity index (χ3v) is 4.34. The lowest BCUT2D eigenvalue weighted by atomic mass is 9.89. The van der Waals surface area contributed by atoms with Crippen LogP contribution in [-0.2, 0) is 4.74 Å². The van der Waals surface area contributed by atoms with Crippen LogP contribution in [0.1, 0.15) is 51.5 Å². The van der Waals surface area contributed by atoms with Gasteiger partial charge in [-0.3, -0.25) is 0 Å². The summed E-state index contributed by atoms with van der Waals surface area (Å²) in [5, 5.41) is 3.55. The normalized spacial score (nSPS) is 13.4. The van der Waals surface area contributed by atoms with E-state index in [0.29, 0.717) is 5.92 Å². The number of ether oxygens (including phenoxy) is 1. The number of hydrogen-bond donors (Lipinski definition) is 1. The highest BCUT2D eigenvalue weighted by Gasteiger charge is 2.20. The van der Waals surface area contributed by atoms with Crippen molar-refractivity contribution in [2.75, 3.05) is 20.2 Å². The van der Waals surface area contributed by atoms with Crippen molar-refractivity contribution in [2.24, 2.45) is 0 Å². The molecule has 0 spiro atoms. The van der Waals surface area contributed by atoms with Gasteiger partial charge >= 0.3 is 0 Å².